The molecule has 0 saturated carbocycles. The van der Waals surface area contributed by atoms with Gasteiger partial charge in [-0.1, -0.05) is 0 Å². The second-order valence-corrected chi connectivity index (χ2v) is 4.49. The van der Waals surface area contributed by atoms with Crippen LogP contribution in [-0.4, -0.2) is 32.4 Å². The van der Waals surface area contributed by atoms with E-state index in [-0.39, 0.29) is 6.54 Å². The molecule has 3 rings (SSSR count). The van der Waals surface area contributed by atoms with Crippen molar-refractivity contribution in [3.05, 3.63) is 35.8 Å². The van der Waals surface area contributed by atoms with Crippen LogP contribution in [0.3, 0.4) is 0 Å². The van der Waals surface area contributed by atoms with Gasteiger partial charge in [-0.25, -0.2) is 0 Å². The Hall–Kier alpha value is -2.21. The molecule has 1 aliphatic rings. The standard InChI is InChI=1S/C13H14N4O2/c18-12(19)8-17-11-3-6-15-7-10(11)13(16-17)9-1-4-14-5-2-9/h1-2,4-5,15H,3,6-8H2,(H,18,19). The van der Waals surface area contributed by atoms with Gasteiger partial charge < -0.3 is 10.4 Å². The highest BCUT2D eigenvalue weighted by Gasteiger charge is 2.22. The number of hydrogen-bond donors (Lipinski definition) is 2. The molecule has 0 aliphatic carbocycles. The van der Waals surface area contributed by atoms with E-state index in [2.05, 4.69) is 15.4 Å². The summed E-state index contributed by atoms with van der Waals surface area (Å²) in [7, 11) is 0. The van der Waals surface area contributed by atoms with Crippen molar-refractivity contribution in [2.24, 2.45) is 0 Å². The Morgan fingerprint density at radius 3 is 2.95 bits per heavy atom. The van der Waals surface area contributed by atoms with E-state index in [1.807, 2.05) is 12.1 Å². The number of carboxylic acid groups (broad SMARTS) is 1. The minimum atomic E-state index is -0.870. The van der Waals surface area contributed by atoms with Gasteiger partial charge in [-0.3, -0.25) is 14.5 Å². The summed E-state index contributed by atoms with van der Waals surface area (Å²) in [4.78, 5) is 14.9. The van der Waals surface area contributed by atoms with Crippen LogP contribution in [0.2, 0.25) is 0 Å². The molecule has 98 valence electrons. The van der Waals surface area contributed by atoms with E-state index in [4.69, 9.17) is 5.11 Å². The Labute approximate surface area is 110 Å². The first-order valence-corrected chi connectivity index (χ1v) is 6.17. The van der Waals surface area contributed by atoms with Gasteiger partial charge in [0, 0.05) is 48.7 Å². The Bertz CT molecular complexity index is 607. The van der Waals surface area contributed by atoms with Gasteiger partial charge in [-0.2, -0.15) is 5.10 Å². The molecular formula is C13H14N4O2. The van der Waals surface area contributed by atoms with Crippen molar-refractivity contribution < 1.29 is 9.90 Å². The van der Waals surface area contributed by atoms with Crippen molar-refractivity contribution >= 4 is 5.97 Å². The third kappa shape index (κ3) is 2.22. The van der Waals surface area contributed by atoms with Crippen molar-refractivity contribution in [3.63, 3.8) is 0 Å². The monoisotopic (exact) mass is 258 g/mol. The summed E-state index contributed by atoms with van der Waals surface area (Å²) >= 11 is 0. The highest BCUT2D eigenvalue weighted by Crippen LogP contribution is 2.27. The Kier molecular flexibility index (Phi) is 3.00. The summed E-state index contributed by atoms with van der Waals surface area (Å²) in [6.45, 7) is 1.49. The fourth-order valence-electron chi connectivity index (χ4n) is 2.42. The molecule has 0 amide bonds. The number of aromatic nitrogens is 3. The number of nitrogens with zero attached hydrogens (tertiary/aromatic N) is 3. The zero-order valence-electron chi connectivity index (χ0n) is 10.3. The first kappa shape index (κ1) is 11.9. The second kappa shape index (κ2) is 4.81. The molecule has 1 aliphatic heterocycles. The molecule has 0 radical (unpaired) electrons. The lowest BCUT2D eigenvalue weighted by atomic mass is 10.0. The summed E-state index contributed by atoms with van der Waals surface area (Å²) < 4.78 is 1.61. The number of hydrogen-bond acceptors (Lipinski definition) is 4. The first-order valence-electron chi connectivity index (χ1n) is 6.17. The molecule has 2 aromatic rings. The Balaban J connectivity index is 2.10. The molecule has 0 spiro atoms. The van der Waals surface area contributed by atoms with E-state index in [9.17, 15) is 4.79 Å². The smallest absolute Gasteiger partial charge is 0.325 e. The summed E-state index contributed by atoms with van der Waals surface area (Å²) in [5, 5.41) is 16.7. The SMILES string of the molecule is O=C(O)Cn1nc(-c2ccncc2)c2c1CCNC2. The van der Waals surface area contributed by atoms with E-state index < -0.39 is 5.97 Å². The highest BCUT2D eigenvalue weighted by molar-refractivity contribution is 5.68. The van der Waals surface area contributed by atoms with Crippen molar-refractivity contribution in [3.8, 4) is 11.3 Å². The van der Waals surface area contributed by atoms with Gasteiger partial charge in [0.25, 0.3) is 0 Å². The number of pyridine rings is 1. The number of aliphatic carboxylic acids is 1. The van der Waals surface area contributed by atoms with Crippen LogP contribution in [0.4, 0.5) is 0 Å². The third-order valence-corrected chi connectivity index (χ3v) is 3.25. The number of rotatable bonds is 3. The van der Waals surface area contributed by atoms with Crippen LogP contribution < -0.4 is 5.32 Å². The fraction of sp³-hybridized carbons (Fsp3) is 0.308. The van der Waals surface area contributed by atoms with Crippen molar-refractivity contribution in [2.75, 3.05) is 6.54 Å². The van der Waals surface area contributed by atoms with Crippen molar-refractivity contribution in [1.29, 1.82) is 0 Å². The van der Waals surface area contributed by atoms with E-state index >= 15 is 0 Å². The second-order valence-electron chi connectivity index (χ2n) is 4.49. The van der Waals surface area contributed by atoms with Gasteiger partial charge >= 0.3 is 5.97 Å². The maximum atomic E-state index is 10.9. The lowest BCUT2D eigenvalue weighted by molar-refractivity contribution is -0.137. The lowest BCUT2D eigenvalue weighted by Gasteiger charge is -2.15. The van der Waals surface area contributed by atoms with E-state index in [1.54, 1.807) is 17.1 Å². The summed E-state index contributed by atoms with van der Waals surface area (Å²) in [6.07, 6.45) is 4.24. The zero-order chi connectivity index (χ0) is 13.2. The number of carbonyl (C=O) groups is 1. The molecule has 19 heavy (non-hydrogen) atoms. The van der Waals surface area contributed by atoms with Gasteiger partial charge in [0.05, 0.1) is 5.69 Å². The van der Waals surface area contributed by atoms with Crippen LogP contribution >= 0.6 is 0 Å². The number of fused-ring (bicyclic) bond motifs is 1. The van der Waals surface area contributed by atoms with Gasteiger partial charge in [0.2, 0.25) is 0 Å². The maximum Gasteiger partial charge on any atom is 0.325 e. The van der Waals surface area contributed by atoms with Crippen molar-refractivity contribution in [2.45, 2.75) is 19.5 Å². The molecule has 0 atom stereocenters. The molecule has 0 fully saturated rings. The molecule has 0 aromatic carbocycles. The molecule has 0 bridgehead atoms. The molecule has 6 heteroatoms. The van der Waals surface area contributed by atoms with Crippen LogP contribution in [0.15, 0.2) is 24.5 Å². The molecule has 0 saturated heterocycles. The van der Waals surface area contributed by atoms with Gasteiger partial charge in [-0.15, -0.1) is 0 Å². The molecule has 0 unspecified atom stereocenters. The van der Waals surface area contributed by atoms with E-state index in [0.29, 0.717) is 0 Å². The van der Waals surface area contributed by atoms with E-state index in [0.717, 1.165) is 42.0 Å². The summed E-state index contributed by atoms with van der Waals surface area (Å²) in [5.74, 6) is -0.870. The van der Waals surface area contributed by atoms with Crippen LogP contribution in [0.25, 0.3) is 11.3 Å². The average Bonchev–Trinajstić information content (AvgIpc) is 2.78. The maximum absolute atomic E-state index is 10.9. The predicted molar refractivity (Wildman–Crippen MR) is 68.5 cm³/mol. The number of nitrogens with one attached hydrogen (secondary N) is 1. The van der Waals surface area contributed by atoms with Gasteiger partial charge in [-0.05, 0) is 12.1 Å². The molecular weight excluding hydrogens is 244 g/mol. The highest BCUT2D eigenvalue weighted by atomic mass is 16.4. The van der Waals surface area contributed by atoms with Crippen LogP contribution in [-0.2, 0) is 24.3 Å². The quantitative estimate of drug-likeness (QED) is 0.846. The lowest BCUT2D eigenvalue weighted by Crippen LogP contribution is -2.25. The average molecular weight is 258 g/mol. The predicted octanol–water partition coefficient (Wildman–Crippen LogP) is 0.675. The summed E-state index contributed by atoms with van der Waals surface area (Å²) in [6, 6.07) is 3.78. The minimum Gasteiger partial charge on any atom is -0.480 e. The third-order valence-electron chi connectivity index (χ3n) is 3.25. The van der Waals surface area contributed by atoms with E-state index in [1.165, 1.54) is 0 Å². The van der Waals surface area contributed by atoms with Crippen molar-refractivity contribution in [1.82, 2.24) is 20.1 Å². The minimum absolute atomic E-state index is 0.0899. The molecule has 2 N–H and O–H groups in total. The largest absolute Gasteiger partial charge is 0.480 e. The molecule has 2 aromatic heterocycles. The van der Waals surface area contributed by atoms with Gasteiger partial charge in [0.1, 0.15) is 6.54 Å². The first-order chi connectivity index (χ1) is 9.25. The Morgan fingerprint density at radius 2 is 2.21 bits per heavy atom. The van der Waals surface area contributed by atoms with Crippen LogP contribution in [0.1, 0.15) is 11.3 Å². The molecule has 3 heterocycles. The van der Waals surface area contributed by atoms with Gasteiger partial charge in [0.15, 0.2) is 0 Å². The summed E-state index contributed by atoms with van der Waals surface area (Å²) in [5.41, 5.74) is 3.94. The van der Waals surface area contributed by atoms with Crippen LogP contribution in [0, 0.1) is 0 Å². The molecule has 6 nitrogen and oxygen atoms in total. The van der Waals surface area contributed by atoms with Crippen LogP contribution in [0.5, 0.6) is 0 Å². The fourth-order valence-corrected chi connectivity index (χ4v) is 2.42. The Morgan fingerprint density at radius 1 is 1.42 bits per heavy atom. The number of carboxylic acids is 1. The zero-order valence-corrected chi connectivity index (χ0v) is 10.3. The topological polar surface area (TPSA) is 80.0 Å². The normalized spacial score (nSPS) is 14.1.